The fraction of sp³-hybridized carbons (Fsp3) is 0.0169. The number of hydrogen-bond donors (Lipinski definition) is 0. The lowest BCUT2D eigenvalue weighted by Crippen LogP contribution is -2.60. The minimum absolute atomic E-state index is 0.00556. The van der Waals surface area contributed by atoms with Gasteiger partial charge in [-0.2, -0.15) is 0 Å². The first-order valence-corrected chi connectivity index (χ1v) is 24.3. The Bertz CT molecular complexity index is 3510. The van der Waals surface area contributed by atoms with Crippen LogP contribution in [0.4, 0.5) is 68.2 Å². The molecular weight excluding hydrogens is 840 g/mol. The number of nitrogens with zero attached hydrogens (tertiary/aromatic N) is 4. The van der Waals surface area contributed by atoms with Crippen molar-refractivity contribution in [3.8, 4) is 0 Å². The summed E-state index contributed by atoms with van der Waals surface area (Å²) in [7, 11) is 0. The van der Waals surface area contributed by atoms with Crippen molar-refractivity contribution in [3.05, 3.63) is 234 Å². The van der Waals surface area contributed by atoms with E-state index in [1.54, 1.807) is 0 Å². The normalized spacial score (nSPS) is 15.0. The van der Waals surface area contributed by atoms with Gasteiger partial charge in [0.2, 0.25) is 0 Å². The molecule has 6 heterocycles. The number of hydrogen-bond acceptors (Lipinski definition) is 6. The molecule has 7 heteroatoms. The molecule has 0 fully saturated rings. The Balaban J connectivity index is 1.07. The monoisotopic (exact) mass is 876 g/mol. The van der Waals surface area contributed by atoms with Crippen LogP contribution in [-0.2, 0) is 0 Å². The van der Waals surface area contributed by atoms with Crippen molar-refractivity contribution in [2.45, 2.75) is 5.92 Å². The van der Waals surface area contributed by atoms with Crippen LogP contribution in [0.25, 0.3) is 20.2 Å². The van der Waals surface area contributed by atoms with Gasteiger partial charge in [-0.3, -0.25) is 0 Å². The van der Waals surface area contributed by atoms with Gasteiger partial charge in [0, 0.05) is 80.9 Å². The van der Waals surface area contributed by atoms with Gasteiger partial charge in [0.05, 0.1) is 28.7 Å². The molecule has 0 amide bonds. The molecule has 4 aliphatic rings. The molecule has 1 unspecified atom stereocenters. The molecule has 15 rings (SSSR count). The number of fused-ring (bicyclic) bond motifs is 12. The highest BCUT2D eigenvalue weighted by molar-refractivity contribution is 7.33. The van der Waals surface area contributed by atoms with Gasteiger partial charge in [0.25, 0.3) is 6.71 Å². The average Bonchev–Trinajstić information content (AvgIpc) is 3.96. The van der Waals surface area contributed by atoms with E-state index in [1.165, 1.54) is 109 Å². The number of para-hydroxylation sites is 4. The number of anilines is 12. The second-order valence-corrected chi connectivity index (χ2v) is 19.7. The lowest BCUT2D eigenvalue weighted by atomic mass is 9.36. The Labute approximate surface area is 391 Å². The van der Waals surface area contributed by atoms with Gasteiger partial charge >= 0.3 is 0 Å². The highest BCUT2D eigenvalue weighted by atomic mass is 32.1. The molecule has 0 N–H and O–H groups in total. The topological polar surface area (TPSA) is 13.0 Å². The molecule has 0 saturated heterocycles. The van der Waals surface area contributed by atoms with Crippen LogP contribution in [0.2, 0.25) is 0 Å². The summed E-state index contributed by atoms with van der Waals surface area (Å²) in [6.45, 7) is -0.00556. The SMILES string of the molecule is c1ccc(N2c3cc4c(cc3B3c5sc6ccccc6c5N(c5ccccc5)c5cccc2c53)N(c2ccccc2)c2cccc3c2C4c2sc4ccccc4c2N3c2ccccc2)cc1. The zero-order chi connectivity index (χ0) is 43.0. The van der Waals surface area contributed by atoms with Crippen molar-refractivity contribution in [2.24, 2.45) is 0 Å². The molecule has 4 nitrogen and oxygen atoms in total. The quantitative estimate of drug-likeness (QED) is 0.163. The molecule has 2 aromatic heterocycles. The molecule has 308 valence electrons. The predicted molar refractivity (Wildman–Crippen MR) is 282 cm³/mol. The number of rotatable bonds is 4. The third-order valence-electron chi connectivity index (χ3n) is 14.2. The van der Waals surface area contributed by atoms with Gasteiger partial charge in [-0.15, -0.1) is 22.7 Å². The van der Waals surface area contributed by atoms with Gasteiger partial charge < -0.3 is 19.6 Å². The first kappa shape index (κ1) is 36.5. The molecule has 4 aliphatic heterocycles. The van der Waals surface area contributed by atoms with Crippen LogP contribution < -0.4 is 35.3 Å². The van der Waals surface area contributed by atoms with Crippen molar-refractivity contribution in [2.75, 3.05) is 19.6 Å². The van der Waals surface area contributed by atoms with Gasteiger partial charge in [0.15, 0.2) is 0 Å². The maximum absolute atomic E-state index is 2.59. The first-order valence-electron chi connectivity index (χ1n) is 22.7. The lowest BCUT2D eigenvalue weighted by molar-refractivity contribution is 0.932. The van der Waals surface area contributed by atoms with E-state index < -0.39 is 0 Å². The molecule has 0 aliphatic carbocycles. The van der Waals surface area contributed by atoms with E-state index in [4.69, 9.17) is 0 Å². The molecule has 0 bridgehead atoms. The molecular formula is C59H37BN4S2. The lowest BCUT2D eigenvalue weighted by Gasteiger charge is -2.46. The van der Waals surface area contributed by atoms with Gasteiger partial charge in [-0.25, -0.2) is 0 Å². The van der Waals surface area contributed by atoms with Crippen molar-refractivity contribution in [3.63, 3.8) is 0 Å². The van der Waals surface area contributed by atoms with Crippen molar-refractivity contribution in [1.82, 2.24) is 0 Å². The van der Waals surface area contributed by atoms with E-state index in [9.17, 15) is 0 Å². The van der Waals surface area contributed by atoms with Crippen LogP contribution in [0.5, 0.6) is 0 Å². The maximum Gasteiger partial charge on any atom is 0.264 e. The maximum atomic E-state index is 2.59. The largest absolute Gasteiger partial charge is 0.311 e. The third kappa shape index (κ3) is 4.93. The Kier molecular flexibility index (Phi) is 7.65. The van der Waals surface area contributed by atoms with E-state index in [-0.39, 0.29) is 12.6 Å². The highest BCUT2D eigenvalue weighted by Crippen LogP contribution is 2.64. The fourth-order valence-corrected chi connectivity index (χ4v) is 14.3. The van der Waals surface area contributed by atoms with E-state index in [0.29, 0.717) is 0 Å². The molecule has 9 aromatic carbocycles. The van der Waals surface area contributed by atoms with Crippen molar-refractivity contribution >= 4 is 134 Å². The predicted octanol–water partition coefficient (Wildman–Crippen LogP) is 14.9. The third-order valence-corrected chi connectivity index (χ3v) is 16.6. The molecule has 0 saturated carbocycles. The van der Waals surface area contributed by atoms with Crippen molar-refractivity contribution in [1.29, 1.82) is 0 Å². The summed E-state index contributed by atoms with van der Waals surface area (Å²) in [6.07, 6.45) is 0. The smallest absolute Gasteiger partial charge is 0.264 e. The van der Waals surface area contributed by atoms with Crippen LogP contribution in [0, 0.1) is 0 Å². The van der Waals surface area contributed by atoms with Crippen molar-refractivity contribution < 1.29 is 0 Å². The summed E-state index contributed by atoms with van der Waals surface area (Å²) in [5.74, 6) is -0.00556. The average molecular weight is 877 g/mol. The Morgan fingerprint density at radius 3 is 1.42 bits per heavy atom. The molecule has 0 radical (unpaired) electrons. The Morgan fingerprint density at radius 1 is 0.364 bits per heavy atom. The van der Waals surface area contributed by atoms with E-state index in [2.05, 4.69) is 238 Å². The summed E-state index contributed by atoms with van der Waals surface area (Å²) in [5, 5.41) is 2.58. The highest BCUT2D eigenvalue weighted by Gasteiger charge is 2.48. The van der Waals surface area contributed by atoms with E-state index >= 15 is 0 Å². The summed E-state index contributed by atoms with van der Waals surface area (Å²) in [5.41, 5.74) is 19.9. The molecule has 1 atom stereocenters. The van der Waals surface area contributed by atoms with Crippen LogP contribution in [0.1, 0.15) is 21.9 Å². The second-order valence-electron chi connectivity index (χ2n) is 17.6. The van der Waals surface area contributed by atoms with Gasteiger partial charge in [-0.05, 0) is 114 Å². The Hall–Kier alpha value is -7.84. The number of thiophene rings is 2. The first-order chi connectivity index (χ1) is 32.8. The second kappa shape index (κ2) is 13.8. The summed E-state index contributed by atoms with van der Waals surface area (Å²) >= 11 is 3.90. The minimum Gasteiger partial charge on any atom is -0.311 e. The summed E-state index contributed by atoms with van der Waals surface area (Å²) in [6, 6.07) is 81.1. The van der Waals surface area contributed by atoms with Crippen LogP contribution in [0.3, 0.4) is 0 Å². The van der Waals surface area contributed by atoms with E-state index in [0.717, 1.165) is 11.4 Å². The van der Waals surface area contributed by atoms with Crippen LogP contribution >= 0.6 is 22.7 Å². The summed E-state index contributed by atoms with van der Waals surface area (Å²) in [4.78, 5) is 11.6. The van der Waals surface area contributed by atoms with Gasteiger partial charge in [0.1, 0.15) is 0 Å². The number of benzene rings is 9. The molecule has 0 spiro atoms. The standard InChI is InChI=1S/C59H37BN4S2/c1-5-19-37(20-6-1)61-45-29-17-30-46-54(45)53(58-56(41-27-13-15-33-51(41)65-58)63(46)39-23-9-3-10-24-39)43-35-50-44(36-49(43)61)60-55-47(62(50)38-21-7-2-8-22-38)31-18-32-48(55)64(40-25-11-4-12-26-40)57-42-28-14-16-34-52(42)66-59(57)60/h1-36,53H. The van der Waals surface area contributed by atoms with E-state index in [1.807, 2.05) is 22.7 Å². The van der Waals surface area contributed by atoms with Crippen LogP contribution in [-0.4, -0.2) is 6.71 Å². The van der Waals surface area contributed by atoms with Gasteiger partial charge in [-0.1, -0.05) is 121 Å². The minimum atomic E-state index is -0.00556. The zero-order valence-electron chi connectivity index (χ0n) is 35.5. The Morgan fingerprint density at radius 2 is 0.818 bits per heavy atom. The fourth-order valence-electron chi connectivity index (χ4n) is 11.6. The summed E-state index contributed by atoms with van der Waals surface area (Å²) < 4.78 is 3.98. The molecule has 66 heavy (non-hydrogen) atoms. The molecule has 11 aromatic rings. The zero-order valence-corrected chi connectivity index (χ0v) is 37.2. The van der Waals surface area contributed by atoms with Crippen LogP contribution in [0.15, 0.2) is 218 Å².